The average Bonchev–Trinajstić information content (AvgIpc) is 2.62. The fourth-order valence-corrected chi connectivity index (χ4v) is 2.59. The topological polar surface area (TPSA) is 63.7 Å². The van der Waals surface area contributed by atoms with Crippen molar-refractivity contribution in [3.8, 4) is 5.75 Å². The maximum atomic E-state index is 13.0. The molecule has 1 aromatic heterocycles. The molecule has 25 heavy (non-hydrogen) atoms. The first kappa shape index (κ1) is 17.4. The molecule has 2 aromatic rings. The molecule has 8 heteroatoms. The monoisotopic (exact) mass is 365 g/mol. The van der Waals surface area contributed by atoms with E-state index in [1.54, 1.807) is 12.3 Å². The van der Waals surface area contributed by atoms with Crippen LogP contribution in [0.4, 0.5) is 15.9 Å². The van der Waals surface area contributed by atoms with Crippen LogP contribution in [0.25, 0.3) is 0 Å². The molecule has 3 rings (SSSR count). The molecule has 0 spiro atoms. The zero-order valence-corrected chi connectivity index (χ0v) is 14.1. The number of anilines is 2. The van der Waals surface area contributed by atoms with Gasteiger partial charge < -0.3 is 19.7 Å². The minimum absolute atomic E-state index is 0.115. The summed E-state index contributed by atoms with van der Waals surface area (Å²) in [7, 11) is 0. The second-order valence-corrected chi connectivity index (χ2v) is 5.82. The van der Waals surface area contributed by atoms with Crippen molar-refractivity contribution >= 4 is 29.0 Å². The van der Waals surface area contributed by atoms with E-state index in [0.717, 1.165) is 25.0 Å². The first-order chi connectivity index (χ1) is 12.1. The van der Waals surface area contributed by atoms with Crippen LogP contribution in [0.5, 0.6) is 5.75 Å². The van der Waals surface area contributed by atoms with Gasteiger partial charge in [0.2, 0.25) is 0 Å². The highest BCUT2D eigenvalue weighted by atomic mass is 35.5. The van der Waals surface area contributed by atoms with Crippen molar-refractivity contribution in [3.05, 3.63) is 47.4 Å². The Morgan fingerprint density at radius 3 is 2.80 bits per heavy atom. The number of carbonyl (C=O) groups is 1. The number of hydrogen-bond acceptors (Lipinski definition) is 5. The summed E-state index contributed by atoms with van der Waals surface area (Å²) in [6, 6.07) is 7.35. The highest BCUT2D eigenvalue weighted by Gasteiger charge is 2.12. The van der Waals surface area contributed by atoms with Gasteiger partial charge in [0, 0.05) is 13.1 Å². The summed E-state index contributed by atoms with van der Waals surface area (Å²) in [5, 5.41) is 2.80. The molecule has 1 aromatic carbocycles. The summed E-state index contributed by atoms with van der Waals surface area (Å²) >= 11 is 5.84. The van der Waals surface area contributed by atoms with Crippen molar-refractivity contribution in [3.63, 3.8) is 0 Å². The number of nitrogens with zero attached hydrogens (tertiary/aromatic N) is 2. The van der Waals surface area contributed by atoms with Gasteiger partial charge in [0.05, 0.1) is 30.1 Å². The largest absolute Gasteiger partial charge is 0.482 e. The average molecular weight is 366 g/mol. The lowest BCUT2D eigenvalue weighted by atomic mass is 10.3. The Bertz CT molecular complexity index is 736. The summed E-state index contributed by atoms with van der Waals surface area (Å²) in [5.41, 5.74) is 0.566. The van der Waals surface area contributed by atoms with Crippen molar-refractivity contribution < 1.29 is 18.7 Å². The van der Waals surface area contributed by atoms with Crippen LogP contribution in [-0.4, -0.2) is 43.8 Å². The van der Waals surface area contributed by atoms with Gasteiger partial charge in [-0.1, -0.05) is 11.6 Å². The predicted octanol–water partition coefficient (Wildman–Crippen LogP) is 2.73. The Morgan fingerprint density at radius 2 is 2.12 bits per heavy atom. The van der Waals surface area contributed by atoms with E-state index in [1.807, 2.05) is 6.07 Å². The van der Waals surface area contributed by atoms with Gasteiger partial charge in [0.25, 0.3) is 5.91 Å². The van der Waals surface area contributed by atoms with E-state index in [2.05, 4.69) is 15.2 Å². The number of halogens is 2. The maximum absolute atomic E-state index is 13.0. The Morgan fingerprint density at radius 1 is 1.32 bits per heavy atom. The van der Waals surface area contributed by atoms with Gasteiger partial charge in [-0.3, -0.25) is 4.79 Å². The van der Waals surface area contributed by atoms with Gasteiger partial charge >= 0.3 is 0 Å². The summed E-state index contributed by atoms with van der Waals surface area (Å²) in [4.78, 5) is 18.4. The number of amides is 1. The molecular weight excluding hydrogens is 349 g/mol. The third-order valence-corrected chi connectivity index (χ3v) is 3.91. The molecule has 6 nitrogen and oxygen atoms in total. The lowest BCUT2D eigenvalue weighted by Crippen LogP contribution is -2.36. The Hall–Kier alpha value is -2.38. The van der Waals surface area contributed by atoms with Gasteiger partial charge in [-0.05, 0) is 30.3 Å². The summed E-state index contributed by atoms with van der Waals surface area (Å²) < 4.78 is 23.6. The van der Waals surface area contributed by atoms with Crippen LogP contribution in [0.3, 0.4) is 0 Å². The number of aromatic nitrogens is 1. The number of morpholine rings is 1. The third-order valence-electron chi connectivity index (χ3n) is 3.62. The summed E-state index contributed by atoms with van der Waals surface area (Å²) in [5.74, 6) is 0.268. The zero-order chi connectivity index (χ0) is 17.6. The van der Waals surface area contributed by atoms with Gasteiger partial charge in [0.15, 0.2) is 6.61 Å². The summed E-state index contributed by atoms with van der Waals surface area (Å²) in [6.07, 6.45) is 1.59. The summed E-state index contributed by atoms with van der Waals surface area (Å²) in [6.45, 7) is 2.72. The van der Waals surface area contributed by atoms with E-state index in [9.17, 15) is 9.18 Å². The van der Waals surface area contributed by atoms with E-state index in [4.69, 9.17) is 21.1 Å². The maximum Gasteiger partial charge on any atom is 0.262 e. The standard InChI is InChI=1S/C17H17ClFN3O3/c18-14-9-12(19)1-3-15(14)25-11-17(23)21-13-2-4-16(20-10-13)22-5-7-24-8-6-22/h1-4,9-10H,5-8,11H2,(H,21,23). The number of ether oxygens (including phenoxy) is 2. The second kappa shape index (κ2) is 8.13. The Labute approximate surface area is 149 Å². The van der Waals surface area contributed by atoms with Crippen molar-refractivity contribution in [1.82, 2.24) is 4.98 Å². The number of rotatable bonds is 5. The molecule has 132 valence electrons. The third kappa shape index (κ3) is 4.80. The van der Waals surface area contributed by atoms with Crippen molar-refractivity contribution in [2.45, 2.75) is 0 Å². The molecule has 0 bridgehead atoms. The van der Waals surface area contributed by atoms with Crippen molar-refractivity contribution in [2.75, 3.05) is 43.1 Å². The normalized spacial score (nSPS) is 14.2. The Balaban J connectivity index is 1.52. The fraction of sp³-hybridized carbons (Fsp3) is 0.294. The molecule has 0 saturated carbocycles. The molecule has 1 fully saturated rings. The van der Waals surface area contributed by atoms with E-state index in [0.29, 0.717) is 18.9 Å². The van der Waals surface area contributed by atoms with Crippen molar-refractivity contribution in [2.24, 2.45) is 0 Å². The SMILES string of the molecule is O=C(COc1ccc(F)cc1Cl)Nc1ccc(N2CCOCC2)nc1. The van der Waals surface area contributed by atoms with E-state index >= 15 is 0 Å². The van der Waals surface area contributed by atoms with Gasteiger partial charge in [-0.2, -0.15) is 0 Å². The molecule has 0 aliphatic carbocycles. The van der Waals surface area contributed by atoms with Crippen LogP contribution < -0.4 is 15.0 Å². The first-order valence-corrected chi connectivity index (χ1v) is 8.16. The Kier molecular flexibility index (Phi) is 5.67. The van der Waals surface area contributed by atoms with Gasteiger partial charge in [0.1, 0.15) is 17.4 Å². The van der Waals surface area contributed by atoms with Gasteiger partial charge in [-0.25, -0.2) is 9.37 Å². The molecule has 1 amide bonds. The van der Waals surface area contributed by atoms with E-state index in [1.165, 1.54) is 12.1 Å². The molecule has 1 aliphatic rings. The predicted molar refractivity (Wildman–Crippen MR) is 92.8 cm³/mol. The van der Waals surface area contributed by atoms with Crippen LogP contribution in [-0.2, 0) is 9.53 Å². The molecule has 1 saturated heterocycles. The fourth-order valence-electron chi connectivity index (χ4n) is 2.37. The second-order valence-electron chi connectivity index (χ2n) is 5.42. The van der Waals surface area contributed by atoms with E-state index < -0.39 is 5.82 Å². The number of carbonyl (C=O) groups excluding carboxylic acids is 1. The molecule has 0 atom stereocenters. The number of pyridine rings is 1. The quantitative estimate of drug-likeness (QED) is 0.882. The van der Waals surface area contributed by atoms with Crippen LogP contribution in [0.1, 0.15) is 0 Å². The molecule has 2 heterocycles. The molecule has 1 aliphatic heterocycles. The highest BCUT2D eigenvalue weighted by Crippen LogP contribution is 2.24. The highest BCUT2D eigenvalue weighted by molar-refractivity contribution is 6.32. The molecule has 1 N–H and O–H groups in total. The smallest absolute Gasteiger partial charge is 0.262 e. The molecule has 0 unspecified atom stereocenters. The lowest BCUT2D eigenvalue weighted by molar-refractivity contribution is -0.118. The number of benzene rings is 1. The molecular formula is C17H17ClFN3O3. The van der Waals surface area contributed by atoms with Crippen LogP contribution in [0.2, 0.25) is 5.02 Å². The van der Waals surface area contributed by atoms with Crippen LogP contribution >= 0.6 is 11.6 Å². The zero-order valence-electron chi connectivity index (χ0n) is 13.4. The van der Waals surface area contributed by atoms with Gasteiger partial charge in [-0.15, -0.1) is 0 Å². The van der Waals surface area contributed by atoms with Crippen LogP contribution in [0, 0.1) is 5.82 Å². The number of hydrogen-bond donors (Lipinski definition) is 1. The van der Waals surface area contributed by atoms with E-state index in [-0.39, 0.29) is 23.3 Å². The minimum atomic E-state index is -0.465. The first-order valence-electron chi connectivity index (χ1n) is 7.78. The van der Waals surface area contributed by atoms with Crippen LogP contribution in [0.15, 0.2) is 36.5 Å². The minimum Gasteiger partial charge on any atom is -0.482 e. The van der Waals surface area contributed by atoms with Crippen molar-refractivity contribution in [1.29, 1.82) is 0 Å². The lowest BCUT2D eigenvalue weighted by Gasteiger charge is -2.27. The molecule has 0 radical (unpaired) electrons. The number of nitrogens with one attached hydrogen (secondary N) is 1.